The number of nitrogens with zero attached hydrogens (tertiary/aromatic N) is 1. The zero-order valence-corrected chi connectivity index (χ0v) is 20.4. The first-order chi connectivity index (χ1) is 11.7. The first kappa shape index (κ1) is 24.0. The van der Waals surface area contributed by atoms with Gasteiger partial charge in [-0.1, -0.05) is 55.4 Å². The lowest BCUT2D eigenvalue weighted by Gasteiger charge is -2.62. The van der Waals surface area contributed by atoms with Crippen LogP contribution in [-0.4, -0.2) is 23.5 Å². The molecule has 0 aromatic carbocycles. The molecule has 0 spiro atoms. The van der Waals surface area contributed by atoms with Crippen molar-refractivity contribution in [1.82, 2.24) is 4.90 Å². The van der Waals surface area contributed by atoms with Crippen molar-refractivity contribution in [1.29, 1.82) is 0 Å². The highest BCUT2D eigenvalue weighted by Gasteiger charge is 2.56. The molecule has 0 aliphatic carbocycles. The van der Waals surface area contributed by atoms with Gasteiger partial charge in [-0.25, -0.2) is 0 Å². The summed E-state index contributed by atoms with van der Waals surface area (Å²) in [5.74, 6) is 3.06. The molecule has 1 saturated heterocycles. The van der Waals surface area contributed by atoms with Crippen LogP contribution in [0.5, 0.6) is 0 Å². The zero-order valence-electron chi connectivity index (χ0n) is 20.4. The molecule has 5 unspecified atom stereocenters. The third-order valence-electron chi connectivity index (χ3n) is 8.32. The van der Waals surface area contributed by atoms with Crippen LogP contribution in [0.3, 0.4) is 0 Å². The molecule has 1 heteroatoms. The van der Waals surface area contributed by atoms with Gasteiger partial charge in [0.05, 0.1) is 0 Å². The van der Waals surface area contributed by atoms with Crippen LogP contribution in [0, 0.1) is 34.5 Å². The van der Waals surface area contributed by atoms with Gasteiger partial charge in [0.25, 0.3) is 0 Å². The summed E-state index contributed by atoms with van der Waals surface area (Å²) in [6, 6.07) is 0.637. The molecule has 0 radical (unpaired) electrons. The quantitative estimate of drug-likeness (QED) is 0.467. The van der Waals surface area contributed by atoms with Crippen molar-refractivity contribution in [2.75, 3.05) is 7.05 Å². The van der Waals surface area contributed by atoms with Crippen molar-refractivity contribution in [2.45, 2.75) is 120 Å². The van der Waals surface area contributed by atoms with Gasteiger partial charge in [0.2, 0.25) is 0 Å². The fourth-order valence-electron chi connectivity index (χ4n) is 7.54. The Bertz CT molecular complexity index is 437. The third kappa shape index (κ3) is 4.50. The van der Waals surface area contributed by atoms with Crippen LogP contribution in [0.15, 0.2) is 0 Å². The molecule has 0 aromatic rings. The van der Waals surface area contributed by atoms with Gasteiger partial charge in [-0.3, -0.25) is 4.90 Å². The van der Waals surface area contributed by atoms with E-state index < -0.39 is 0 Å². The van der Waals surface area contributed by atoms with E-state index in [1.807, 2.05) is 0 Å². The topological polar surface area (TPSA) is 3.24 Å². The number of rotatable bonds is 6. The van der Waals surface area contributed by atoms with Gasteiger partial charge in [0, 0.05) is 11.6 Å². The van der Waals surface area contributed by atoms with E-state index in [1.54, 1.807) is 0 Å². The lowest BCUT2D eigenvalue weighted by Crippen LogP contribution is -2.59. The molecular formula is C25H51N. The van der Waals surface area contributed by atoms with E-state index in [4.69, 9.17) is 0 Å². The van der Waals surface area contributed by atoms with Gasteiger partial charge in [-0.2, -0.15) is 0 Å². The summed E-state index contributed by atoms with van der Waals surface area (Å²) in [6.45, 7) is 27.4. The molecule has 0 N–H and O–H groups in total. The Kier molecular flexibility index (Phi) is 7.88. The maximum Gasteiger partial charge on any atom is 0.0155 e. The van der Waals surface area contributed by atoms with Crippen LogP contribution in [0.2, 0.25) is 0 Å². The minimum Gasteiger partial charge on any atom is -0.299 e. The Labute approximate surface area is 166 Å². The summed E-state index contributed by atoms with van der Waals surface area (Å²) in [7, 11) is 2.36. The molecule has 0 bridgehead atoms. The SMILES string of the molecule is CCC1(C(C)CC(C)C)C(C)CC(C)(C)N(C)C(C)CC1(C)CC(C)C. The monoisotopic (exact) mass is 365 g/mol. The summed E-state index contributed by atoms with van der Waals surface area (Å²) in [5.41, 5.74) is 1.10. The second-order valence-electron chi connectivity index (χ2n) is 11.7. The van der Waals surface area contributed by atoms with E-state index in [0.29, 0.717) is 16.9 Å². The first-order valence-corrected chi connectivity index (χ1v) is 11.5. The average Bonchev–Trinajstić information content (AvgIpc) is 2.44. The number of hydrogen-bond donors (Lipinski definition) is 0. The summed E-state index contributed by atoms with van der Waals surface area (Å²) < 4.78 is 0. The van der Waals surface area contributed by atoms with Crippen molar-refractivity contribution in [3.05, 3.63) is 0 Å². The molecular weight excluding hydrogens is 314 g/mol. The van der Waals surface area contributed by atoms with Crippen molar-refractivity contribution in [3.8, 4) is 0 Å². The third-order valence-corrected chi connectivity index (χ3v) is 8.32. The minimum absolute atomic E-state index is 0.274. The largest absolute Gasteiger partial charge is 0.299 e. The van der Waals surface area contributed by atoms with Crippen LogP contribution in [0.4, 0.5) is 0 Å². The maximum atomic E-state index is 2.68. The Balaban J connectivity index is 3.56. The summed E-state index contributed by atoms with van der Waals surface area (Å²) in [4.78, 5) is 2.68. The molecule has 1 fully saturated rings. The molecule has 0 saturated carbocycles. The van der Waals surface area contributed by atoms with Gasteiger partial charge >= 0.3 is 0 Å². The molecule has 1 aliphatic heterocycles. The standard InChI is InChI=1S/C25H51N/c1-13-25(20(6)14-18(2)3)21(7)16-23(9,10)26(12)22(8)17-24(25,11)15-19(4)5/h18-22H,13-17H2,1-12H3. The highest BCUT2D eigenvalue weighted by Crippen LogP contribution is 2.62. The van der Waals surface area contributed by atoms with Gasteiger partial charge < -0.3 is 0 Å². The Hall–Kier alpha value is -0.0400. The normalized spacial score (nSPS) is 37.6. The van der Waals surface area contributed by atoms with Gasteiger partial charge in [-0.05, 0) is 94.4 Å². The summed E-state index contributed by atoms with van der Waals surface area (Å²) in [6.07, 6.45) is 6.66. The molecule has 1 heterocycles. The van der Waals surface area contributed by atoms with Crippen LogP contribution in [0.25, 0.3) is 0 Å². The van der Waals surface area contributed by atoms with Crippen LogP contribution >= 0.6 is 0 Å². The molecule has 26 heavy (non-hydrogen) atoms. The van der Waals surface area contributed by atoms with E-state index in [-0.39, 0.29) is 5.54 Å². The average molecular weight is 366 g/mol. The fourth-order valence-corrected chi connectivity index (χ4v) is 7.54. The van der Waals surface area contributed by atoms with Gasteiger partial charge in [0.1, 0.15) is 0 Å². The number of hydrogen-bond acceptors (Lipinski definition) is 1. The van der Waals surface area contributed by atoms with E-state index in [1.165, 1.54) is 32.1 Å². The van der Waals surface area contributed by atoms with Crippen molar-refractivity contribution >= 4 is 0 Å². The number of likely N-dealkylation sites (tertiary alicyclic amines) is 1. The van der Waals surface area contributed by atoms with Crippen molar-refractivity contribution in [3.63, 3.8) is 0 Å². The van der Waals surface area contributed by atoms with Crippen LogP contribution in [0.1, 0.15) is 108 Å². The lowest BCUT2D eigenvalue weighted by atomic mass is 9.46. The fraction of sp³-hybridized carbons (Fsp3) is 1.00. The van der Waals surface area contributed by atoms with E-state index in [0.717, 1.165) is 23.7 Å². The highest BCUT2D eigenvalue weighted by molar-refractivity contribution is 5.06. The second-order valence-corrected chi connectivity index (χ2v) is 11.7. The Morgan fingerprint density at radius 3 is 1.88 bits per heavy atom. The first-order valence-electron chi connectivity index (χ1n) is 11.5. The molecule has 0 amide bonds. The zero-order chi connectivity index (χ0) is 20.5. The van der Waals surface area contributed by atoms with Gasteiger partial charge in [-0.15, -0.1) is 0 Å². The highest BCUT2D eigenvalue weighted by atomic mass is 15.2. The van der Waals surface area contributed by atoms with Gasteiger partial charge in [0.15, 0.2) is 0 Å². The van der Waals surface area contributed by atoms with Crippen LogP contribution < -0.4 is 0 Å². The molecule has 5 atom stereocenters. The molecule has 0 aromatic heterocycles. The van der Waals surface area contributed by atoms with Crippen LogP contribution in [-0.2, 0) is 0 Å². The Morgan fingerprint density at radius 2 is 1.46 bits per heavy atom. The van der Waals surface area contributed by atoms with E-state index in [2.05, 4.69) is 88.1 Å². The summed E-state index contributed by atoms with van der Waals surface area (Å²) in [5, 5.41) is 0. The molecule has 1 nitrogen and oxygen atoms in total. The predicted molar refractivity (Wildman–Crippen MR) is 119 cm³/mol. The van der Waals surface area contributed by atoms with E-state index in [9.17, 15) is 0 Å². The molecule has 1 rings (SSSR count). The predicted octanol–water partition coefficient (Wildman–Crippen LogP) is 7.65. The minimum atomic E-state index is 0.274. The smallest absolute Gasteiger partial charge is 0.0155 e. The molecule has 1 aliphatic rings. The summed E-state index contributed by atoms with van der Waals surface area (Å²) >= 11 is 0. The van der Waals surface area contributed by atoms with E-state index >= 15 is 0 Å². The lowest BCUT2D eigenvalue weighted by molar-refractivity contribution is -0.127. The van der Waals surface area contributed by atoms with Crippen molar-refractivity contribution in [2.24, 2.45) is 34.5 Å². The Morgan fingerprint density at radius 1 is 0.923 bits per heavy atom. The maximum absolute atomic E-state index is 2.68. The molecule has 156 valence electrons. The second kappa shape index (κ2) is 8.54. The van der Waals surface area contributed by atoms with Crippen molar-refractivity contribution < 1.29 is 0 Å².